The second kappa shape index (κ2) is 4.35. The molecular formula is C11H12N2S. The maximum Gasteiger partial charge on any atom is 0.123 e. The fraction of sp³-hybridized carbons (Fsp3) is 0.182. The number of hydrogen-bond donors (Lipinski definition) is 1. The highest BCUT2D eigenvalue weighted by Gasteiger charge is 1.99. The van der Waals surface area contributed by atoms with E-state index in [0.717, 1.165) is 11.6 Å². The van der Waals surface area contributed by atoms with Crippen LogP contribution in [0.4, 0.5) is 0 Å². The zero-order valence-corrected chi connectivity index (χ0v) is 8.84. The second-order valence-corrected chi connectivity index (χ2v) is 3.96. The summed E-state index contributed by atoms with van der Waals surface area (Å²) < 4.78 is 0. The van der Waals surface area contributed by atoms with Crippen LogP contribution >= 0.6 is 11.3 Å². The lowest BCUT2D eigenvalue weighted by Crippen LogP contribution is -2.04. The van der Waals surface area contributed by atoms with Crippen LogP contribution in [0.2, 0.25) is 0 Å². The minimum atomic E-state index is 0.915. The third-order valence-electron chi connectivity index (χ3n) is 2.01. The van der Waals surface area contributed by atoms with Gasteiger partial charge in [0, 0.05) is 23.7 Å². The average Bonchev–Trinajstić information content (AvgIpc) is 2.72. The van der Waals surface area contributed by atoms with Gasteiger partial charge >= 0.3 is 0 Å². The smallest absolute Gasteiger partial charge is 0.123 e. The maximum absolute atomic E-state index is 4.27. The van der Waals surface area contributed by atoms with E-state index >= 15 is 0 Å². The number of nitrogens with zero attached hydrogens (tertiary/aromatic N) is 1. The molecule has 1 aromatic heterocycles. The molecule has 1 heterocycles. The minimum Gasteiger partial charge on any atom is -0.316 e. The lowest BCUT2D eigenvalue weighted by atomic mass is 10.1. The van der Waals surface area contributed by atoms with Gasteiger partial charge in [-0.05, 0) is 12.6 Å². The Morgan fingerprint density at radius 3 is 2.64 bits per heavy atom. The van der Waals surface area contributed by atoms with Crippen molar-refractivity contribution in [2.24, 2.45) is 0 Å². The molecule has 0 unspecified atom stereocenters. The van der Waals surface area contributed by atoms with Crippen LogP contribution in [0, 0.1) is 0 Å². The summed E-state index contributed by atoms with van der Waals surface area (Å²) in [5.74, 6) is 0. The molecule has 3 heteroatoms. The lowest BCUT2D eigenvalue weighted by Gasteiger charge is -2.00. The Bertz CT molecular complexity index is 378. The molecule has 0 atom stereocenters. The fourth-order valence-corrected chi connectivity index (χ4v) is 1.98. The van der Waals surface area contributed by atoms with E-state index in [1.54, 1.807) is 11.3 Å². The maximum atomic E-state index is 4.27. The van der Waals surface area contributed by atoms with Crippen LogP contribution in [0.1, 0.15) is 5.56 Å². The lowest BCUT2D eigenvalue weighted by molar-refractivity contribution is 0.818. The molecule has 2 nitrogen and oxygen atoms in total. The van der Waals surface area contributed by atoms with Crippen molar-refractivity contribution in [1.82, 2.24) is 10.3 Å². The van der Waals surface area contributed by atoms with Gasteiger partial charge < -0.3 is 5.32 Å². The molecular weight excluding hydrogens is 192 g/mol. The van der Waals surface area contributed by atoms with Crippen molar-refractivity contribution in [2.45, 2.75) is 6.54 Å². The second-order valence-electron chi connectivity index (χ2n) is 3.06. The van der Waals surface area contributed by atoms with Gasteiger partial charge in [-0.25, -0.2) is 4.98 Å². The van der Waals surface area contributed by atoms with E-state index < -0.39 is 0 Å². The number of thiazole rings is 1. The quantitative estimate of drug-likeness (QED) is 0.831. The van der Waals surface area contributed by atoms with E-state index in [4.69, 9.17) is 0 Å². The van der Waals surface area contributed by atoms with Crippen molar-refractivity contribution in [3.8, 4) is 10.6 Å². The van der Waals surface area contributed by atoms with E-state index in [1.807, 2.05) is 18.6 Å². The Kier molecular flexibility index (Phi) is 2.91. The molecule has 1 N–H and O–H groups in total. The summed E-state index contributed by atoms with van der Waals surface area (Å²) in [7, 11) is 1.95. The Hall–Kier alpha value is -1.19. The Labute approximate surface area is 87.6 Å². The summed E-state index contributed by atoms with van der Waals surface area (Å²) in [5.41, 5.74) is 2.49. The van der Waals surface area contributed by atoms with E-state index in [0.29, 0.717) is 0 Å². The average molecular weight is 204 g/mol. The molecule has 0 radical (unpaired) electrons. The van der Waals surface area contributed by atoms with Gasteiger partial charge in [0.05, 0.1) is 0 Å². The van der Waals surface area contributed by atoms with Crippen LogP contribution in [0.25, 0.3) is 10.6 Å². The van der Waals surface area contributed by atoms with E-state index in [2.05, 4.69) is 34.6 Å². The summed E-state index contributed by atoms with van der Waals surface area (Å²) in [6.45, 7) is 0.915. The van der Waals surface area contributed by atoms with Gasteiger partial charge in [0.2, 0.25) is 0 Å². The van der Waals surface area contributed by atoms with E-state index in [1.165, 1.54) is 11.1 Å². The highest BCUT2D eigenvalue weighted by atomic mass is 32.1. The SMILES string of the molecule is CNCc1ccc(-c2nccs2)cc1. The predicted molar refractivity (Wildman–Crippen MR) is 60.3 cm³/mol. The van der Waals surface area contributed by atoms with Gasteiger partial charge in [-0.3, -0.25) is 0 Å². The highest BCUT2D eigenvalue weighted by Crippen LogP contribution is 2.21. The van der Waals surface area contributed by atoms with Gasteiger partial charge in [-0.15, -0.1) is 11.3 Å². The molecule has 0 aliphatic heterocycles. The topological polar surface area (TPSA) is 24.9 Å². The van der Waals surface area contributed by atoms with Gasteiger partial charge in [0.25, 0.3) is 0 Å². The predicted octanol–water partition coefficient (Wildman–Crippen LogP) is 2.53. The van der Waals surface area contributed by atoms with Gasteiger partial charge in [0.1, 0.15) is 5.01 Å². The molecule has 0 bridgehead atoms. The van der Waals surface area contributed by atoms with Crippen LogP contribution in [0.15, 0.2) is 35.8 Å². The Morgan fingerprint density at radius 1 is 1.29 bits per heavy atom. The van der Waals surface area contributed by atoms with E-state index in [9.17, 15) is 0 Å². The van der Waals surface area contributed by atoms with Crippen LogP contribution in [-0.2, 0) is 6.54 Å². The molecule has 0 saturated heterocycles. The number of benzene rings is 1. The summed E-state index contributed by atoms with van der Waals surface area (Å²) in [6.07, 6.45) is 1.83. The molecule has 0 amide bonds. The van der Waals surface area contributed by atoms with Crippen molar-refractivity contribution in [1.29, 1.82) is 0 Å². The molecule has 0 fully saturated rings. The molecule has 0 aliphatic rings. The molecule has 0 aliphatic carbocycles. The molecule has 2 rings (SSSR count). The van der Waals surface area contributed by atoms with Crippen molar-refractivity contribution >= 4 is 11.3 Å². The van der Waals surface area contributed by atoms with Crippen molar-refractivity contribution in [3.63, 3.8) is 0 Å². The first-order chi connectivity index (χ1) is 6.90. The van der Waals surface area contributed by atoms with Crippen molar-refractivity contribution < 1.29 is 0 Å². The number of nitrogens with one attached hydrogen (secondary N) is 1. The van der Waals surface area contributed by atoms with Gasteiger partial charge in [-0.2, -0.15) is 0 Å². The summed E-state index contributed by atoms with van der Waals surface area (Å²) >= 11 is 1.67. The first-order valence-corrected chi connectivity index (χ1v) is 5.41. The molecule has 72 valence electrons. The Balaban J connectivity index is 2.22. The van der Waals surface area contributed by atoms with Gasteiger partial charge in [-0.1, -0.05) is 24.3 Å². The largest absolute Gasteiger partial charge is 0.316 e. The molecule has 1 aromatic carbocycles. The first kappa shape index (κ1) is 9.37. The number of hydrogen-bond acceptors (Lipinski definition) is 3. The third kappa shape index (κ3) is 2.00. The monoisotopic (exact) mass is 204 g/mol. The van der Waals surface area contributed by atoms with Crippen LogP contribution in [0.3, 0.4) is 0 Å². The first-order valence-electron chi connectivity index (χ1n) is 4.53. The number of rotatable bonds is 3. The summed E-state index contributed by atoms with van der Waals surface area (Å²) in [4.78, 5) is 4.27. The molecule has 0 spiro atoms. The normalized spacial score (nSPS) is 10.4. The molecule has 0 saturated carbocycles. The zero-order chi connectivity index (χ0) is 9.80. The zero-order valence-electron chi connectivity index (χ0n) is 8.03. The minimum absolute atomic E-state index is 0.915. The molecule has 2 aromatic rings. The standard InChI is InChI=1S/C11H12N2S/c1-12-8-9-2-4-10(5-3-9)11-13-6-7-14-11/h2-7,12H,8H2,1H3. The van der Waals surface area contributed by atoms with Crippen LogP contribution in [-0.4, -0.2) is 12.0 Å². The fourth-order valence-electron chi connectivity index (χ4n) is 1.34. The molecule has 14 heavy (non-hydrogen) atoms. The van der Waals surface area contributed by atoms with Crippen molar-refractivity contribution in [3.05, 3.63) is 41.4 Å². The van der Waals surface area contributed by atoms with E-state index in [-0.39, 0.29) is 0 Å². The highest BCUT2D eigenvalue weighted by molar-refractivity contribution is 7.13. The van der Waals surface area contributed by atoms with Crippen LogP contribution in [0.5, 0.6) is 0 Å². The summed E-state index contributed by atoms with van der Waals surface area (Å²) in [6, 6.07) is 8.50. The van der Waals surface area contributed by atoms with Crippen LogP contribution < -0.4 is 5.32 Å². The summed E-state index contributed by atoms with van der Waals surface area (Å²) in [5, 5.41) is 6.21. The van der Waals surface area contributed by atoms with Crippen molar-refractivity contribution in [2.75, 3.05) is 7.05 Å². The third-order valence-corrected chi connectivity index (χ3v) is 2.84. The number of aromatic nitrogens is 1. The Morgan fingerprint density at radius 2 is 2.07 bits per heavy atom. The van der Waals surface area contributed by atoms with Gasteiger partial charge in [0.15, 0.2) is 0 Å².